The highest BCUT2D eigenvalue weighted by molar-refractivity contribution is 7.27. The van der Waals surface area contributed by atoms with Crippen molar-refractivity contribution in [2.45, 2.75) is 20.3 Å². The molecular weight excluding hydrogens is 170 g/mol. The molecule has 0 radical (unpaired) electrons. The normalized spacial score (nSPS) is 10.8. The molecule has 0 saturated heterocycles. The van der Waals surface area contributed by atoms with Gasteiger partial charge in [0.2, 0.25) is 0 Å². The zero-order valence-electron chi connectivity index (χ0n) is 7.47. The minimum absolute atomic E-state index is 0.0869. The second kappa shape index (κ2) is 4.00. The Labute approximate surface area is 75.4 Å². The highest BCUT2D eigenvalue weighted by atomic mass is 31.0. The summed E-state index contributed by atoms with van der Waals surface area (Å²) in [5.74, 6) is 0.422. The molecule has 0 bridgehead atoms. The van der Waals surface area contributed by atoms with E-state index in [-0.39, 0.29) is 5.82 Å². The third kappa shape index (κ3) is 2.57. The van der Waals surface area contributed by atoms with Crippen molar-refractivity contribution in [2.24, 2.45) is 5.92 Å². The standard InChI is InChI=1S/C10H14FP/c1-7(2)5-8-3-4-9(12)6-10(8)11/h3-4,6-7H,5,12H2,1-2H3. The van der Waals surface area contributed by atoms with Crippen LogP contribution < -0.4 is 5.30 Å². The summed E-state index contributed by atoms with van der Waals surface area (Å²) in [7, 11) is 2.49. The Morgan fingerprint density at radius 1 is 1.42 bits per heavy atom. The Morgan fingerprint density at radius 3 is 2.58 bits per heavy atom. The van der Waals surface area contributed by atoms with Crippen LogP contribution in [0.2, 0.25) is 0 Å². The van der Waals surface area contributed by atoms with E-state index in [2.05, 4.69) is 23.1 Å². The van der Waals surface area contributed by atoms with Gasteiger partial charge in [-0.05, 0) is 29.3 Å². The highest BCUT2D eigenvalue weighted by Crippen LogP contribution is 2.11. The molecule has 0 aliphatic carbocycles. The van der Waals surface area contributed by atoms with Crippen LogP contribution >= 0.6 is 9.24 Å². The first-order valence-corrected chi connectivity index (χ1v) is 4.71. The summed E-state index contributed by atoms with van der Waals surface area (Å²) in [6.45, 7) is 4.18. The smallest absolute Gasteiger partial charge is 0.127 e. The van der Waals surface area contributed by atoms with Crippen LogP contribution in [0.3, 0.4) is 0 Å². The van der Waals surface area contributed by atoms with Crippen LogP contribution in [0.5, 0.6) is 0 Å². The van der Waals surface area contributed by atoms with Crippen LogP contribution in [-0.2, 0) is 6.42 Å². The number of hydrogen-bond donors (Lipinski definition) is 0. The third-order valence-electron chi connectivity index (χ3n) is 1.71. The van der Waals surface area contributed by atoms with E-state index in [0.717, 1.165) is 17.3 Å². The lowest BCUT2D eigenvalue weighted by Gasteiger charge is -2.06. The van der Waals surface area contributed by atoms with Gasteiger partial charge >= 0.3 is 0 Å². The van der Waals surface area contributed by atoms with Crippen molar-refractivity contribution in [2.75, 3.05) is 0 Å². The molecule has 1 atom stereocenters. The Bertz CT molecular complexity index is 269. The van der Waals surface area contributed by atoms with Gasteiger partial charge < -0.3 is 0 Å². The fourth-order valence-electron chi connectivity index (χ4n) is 1.17. The summed E-state index contributed by atoms with van der Waals surface area (Å²) >= 11 is 0. The van der Waals surface area contributed by atoms with Gasteiger partial charge in [0.25, 0.3) is 0 Å². The minimum Gasteiger partial charge on any atom is -0.207 e. The van der Waals surface area contributed by atoms with Gasteiger partial charge in [0.1, 0.15) is 5.82 Å². The van der Waals surface area contributed by atoms with Gasteiger partial charge in [0.05, 0.1) is 0 Å². The lowest BCUT2D eigenvalue weighted by atomic mass is 10.0. The number of hydrogen-bond acceptors (Lipinski definition) is 0. The maximum absolute atomic E-state index is 13.2. The highest BCUT2D eigenvalue weighted by Gasteiger charge is 2.03. The van der Waals surface area contributed by atoms with E-state index in [0.29, 0.717) is 5.92 Å². The lowest BCUT2D eigenvalue weighted by Crippen LogP contribution is -2.01. The molecule has 0 saturated carbocycles. The molecule has 0 spiro atoms. The van der Waals surface area contributed by atoms with E-state index in [1.54, 1.807) is 6.07 Å². The van der Waals surface area contributed by atoms with Gasteiger partial charge in [-0.2, -0.15) is 0 Å². The van der Waals surface area contributed by atoms with Crippen molar-refractivity contribution in [3.63, 3.8) is 0 Å². The van der Waals surface area contributed by atoms with Gasteiger partial charge in [-0.1, -0.05) is 26.0 Å². The van der Waals surface area contributed by atoms with Crippen molar-refractivity contribution >= 4 is 14.5 Å². The molecule has 0 amide bonds. The summed E-state index contributed by atoms with van der Waals surface area (Å²) in [5.41, 5.74) is 0.816. The summed E-state index contributed by atoms with van der Waals surface area (Å²) in [6, 6.07) is 5.34. The van der Waals surface area contributed by atoms with Crippen LogP contribution in [0.1, 0.15) is 19.4 Å². The molecule has 66 valence electrons. The van der Waals surface area contributed by atoms with E-state index in [1.807, 2.05) is 12.1 Å². The molecule has 1 aromatic rings. The van der Waals surface area contributed by atoms with Crippen LogP contribution in [0.15, 0.2) is 18.2 Å². The monoisotopic (exact) mass is 184 g/mol. The van der Waals surface area contributed by atoms with Gasteiger partial charge in [0, 0.05) is 0 Å². The van der Waals surface area contributed by atoms with Gasteiger partial charge in [-0.3, -0.25) is 0 Å². The second-order valence-electron chi connectivity index (χ2n) is 3.45. The maximum atomic E-state index is 13.2. The first-order valence-electron chi connectivity index (χ1n) is 4.13. The van der Waals surface area contributed by atoms with Crippen LogP contribution in [0.25, 0.3) is 0 Å². The number of benzene rings is 1. The van der Waals surface area contributed by atoms with Crippen molar-refractivity contribution in [1.29, 1.82) is 0 Å². The van der Waals surface area contributed by atoms with E-state index >= 15 is 0 Å². The quantitative estimate of drug-likeness (QED) is 0.619. The predicted molar refractivity (Wildman–Crippen MR) is 54.3 cm³/mol. The molecule has 0 aliphatic heterocycles. The average Bonchev–Trinajstić information content (AvgIpc) is 1.94. The fourth-order valence-corrected chi connectivity index (χ4v) is 1.41. The van der Waals surface area contributed by atoms with Gasteiger partial charge in [-0.15, -0.1) is 9.24 Å². The SMILES string of the molecule is CC(C)Cc1ccc(P)cc1F. The molecule has 12 heavy (non-hydrogen) atoms. The molecule has 0 heterocycles. The van der Waals surface area contributed by atoms with Crippen molar-refractivity contribution in [1.82, 2.24) is 0 Å². The summed E-state index contributed by atoms with van der Waals surface area (Å²) < 4.78 is 13.2. The fraction of sp³-hybridized carbons (Fsp3) is 0.400. The minimum atomic E-state index is -0.0869. The third-order valence-corrected chi connectivity index (χ3v) is 2.06. The molecule has 2 heteroatoms. The molecular formula is C10H14FP. The Kier molecular flexibility index (Phi) is 3.22. The first-order chi connectivity index (χ1) is 5.59. The molecule has 0 N–H and O–H groups in total. The van der Waals surface area contributed by atoms with Crippen molar-refractivity contribution < 1.29 is 4.39 Å². The first kappa shape index (κ1) is 9.67. The number of halogens is 1. The van der Waals surface area contributed by atoms with Crippen LogP contribution in [0.4, 0.5) is 4.39 Å². The molecule has 0 nitrogen and oxygen atoms in total. The van der Waals surface area contributed by atoms with Gasteiger partial charge in [-0.25, -0.2) is 4.39 Å². The molecule has 1 aromatic carbocycles. The molecule has 0 aromatic heterocycles. The lowest BCUT2D eigenvalue weighted by molar-refractivity contribution is 0.575. The van der Waals surface area contributed by atoms with Crippen LogP contribution in [-0.4, -0.2) is 0 Å². The largest absolute Gasteiger partial charge is 0.207 e. The predicted octanol–water partition coefficient (Wildman–Crippen LogP) is 2.52. The Balaban J connectivity index is 2.86. The van der Waals surface area contributed by atoms with E-state index in [1.165, 1.54) is 0 Å². The zero-order chi connectivity index (χ0) is 9.14. The summed E-state index contributed by atoms with van der Waals surface area (Å²) in [4.78, 5) is 0. The number of rotatable bonds is 2. The van der Waals surface area contributed by atoms with Crippen LogP contribution in [0, 0.1) is 11.7 Å². The van der Waals surface area contributed by atoms with E-state index in [4.69, 9.17) is 0 Å². The molecule has 0 aliphatic rings. The van der Waals surface area contributed by atoms with Crippen molar-refractivity contribution in [3.05, 3.63) is 29.6 Å². The summed E-state index contributed by atoms with van der Waals surface area (Å²) in [5, 5.41) is 0.903. The van der Waals surface area contributed by atoms with Gasteiger partial charge in [0.15, 0.2) is 0 Å². The van der Waals surface area contributed by atoms with E-state index in [9.17, 15) is 4.39 Å². The second-order valence-corrected chi connectivity index (χ2v) is 4.12. The maximum Gasteiger partial charge on any atom is 0.127 e. The van der Waals surface area contributed by atoms with Crippen molar-refractivity contribution in [3.8, 4) is 0 Å². The average molecular weight is 184 g/mol. The zero-order valence-corrected chi connectivity index (χ0v) is 8.63. The van der Waals surface area contributed by atoms with E-state index < -0.39 is 0 Å². The molecule has 0 fully saturated rings. The summed E-state index contributed by atoms with van der Waals surface area (Å²) in [6.07, 6.45) is 0.816. The Morgan fingerprint density at radius 2 is 2.08 bits per heavy atom. The topological polar surface area (TPSA) is 0 Å². The Hall–Kier alpha value is -0.420. The molecule has 1 rings (SSSR count). The molecule has 1 unspecified atom stereocenters.